The van der Waals surface area contributed by atoms with E-state index in [0.29, 0.717) is 12.5 Å². The van der Waals surface area contributed by atoms with E-state index in [0.717, 1.165) is 10.7 Å². The summed E-state index contributed by atoms with van der Waals surface area (Å²) in [6, 6.07) is -0.515. The summed E-state index contributed by atoms with van der Waals surface area (Å²) >= 11 is 1.61. The van der Waals surface area contributed by atoms with Gasteiger partial charge >= 0.3 is 6.03 Å². The number of nitrogens with zero attached hydrogens (tertiary/aromatic N) is 1. The van der Waals surface area contributed by atoms with E-state index in [1.54, 1.807) is 11.3 Å². The number of thiazole rings is 1. The Bertz CT molecular complexity index is 295. The van der Waals surface area contributed by atoms with E-state index in [2.05, 4.69) is 24.1 Å². The number of hydrogen-bond donors (Lipinski definition) is 2. The summed E-state index contributed by atoms with van der Waals surface area (Å²) < 4.78 is 0. The quantitative estimate of drug-likeness (QED) is 0.773. The van der Waals surface area contributed by atoms with Crippen molar-refractivity contribution in [3.05, 3.63) is 16.1 Å². The number of carbonyl (C=O) groups excluding carboxylic acids is 1. The minimum Gasteiger partial charge on any atom is -0.352 e. The molecule has 0 aliphatic carbocycles. The lowest BCUT2D eigenvalue weighted by Crippen LogP contribution is -2.28. The highest BCUT2D eigenvalue weighted by Gasteiger charge is 2.05. The summed E-state index contributed by atoms with van der Waals surface area (Å²) in [5, 5.41) is 5.52. The van der Waals surface area contributed by atoms with Crippen LogP contribution in [0.4, 0.5) is 4.79 Å². The van der Waals surface area contributed by atoms with Gasteiger partial charge in [-0.25, -0.2) is 9.78 Å². The zero-order valence-electron chi connectivity index (χ0n) is 7.70. The molecule has 13 heavy (non-hydrogen) atoms. The predicted octanol–water partition coefficient (Wildman–Crippen LogP) is 1.43. The minimum absolute atomic E-state index is 0.415. The summed E-state index contributed by atoms with van der Waals surface area (Å²) in [6.07, 6.45) is 0. The number of aromatic nitrogens is 1. The van der Waals surface area contributed by atoms with Gasteiger partial charge in [-0.1, -0.05) is 13.8 Å². The molecule has 0 aliphatic heterocycles. The summed E-state index contributed by atoms with van der Waals surface area (Å²) in [5.41, 5.74) is 5.80. The van der Waals surface area contributed by atoms with Gasteiger partial charge in [0.15, 0.2) is 0 Å². The lowest BCUT2D eigenvalue weighted by atomic mass is 10.2. The molecule has 0 atom stereocenters. The van der Waals surface area contributed by atoms with Crippen molar-refractivity contribution in [1.29, 1.82) is 0 Å². The molecule has 0 fully saturated rings. The van der Waals surface area contributed by atoms with Crippen molar-refractivity contribution >= 4 is 17.4 Å². The van der Waals surface area contributed by atoms with Gasteiger partial charge in [-0.15, -0.1) is 11.3 Å². The second-order valence-corrected chi connectivity index (χ2v) is 3.94. The molecule has 0 aromatic carbocycles. The van der Waals surface area contributed by atoms with Crippen molar-refractivity contribution in [2.75, 3.05) is 0 Å². The zero-order chi connectivity index (χ0) is 9.84. The Morgan fingerprint density at radius 3 is 2.92 bits per heavy atom. The third kappa shape index (κ3) is 3.02. The number of hydrogen-bond acceptors (Lipinski definition) is 3. The van der Waals surface area contributed by atoms with Crippen LogP contribution in [0.5, 0.6) is 0 Å². The molecule has 0 bridgehead atoms. The summed E-state index contributed by atoms with van der Waals surface area (Å²) in [7, 11) is 0. The van der Waals surface area contributed by atoms with Gasteiger partial charge in [0.1, 0.15) is 0 Å². The molecule has 0 saturated heterocycles. The highest BCUT2D eigenvalue weighted by Crippen LogP contribution is 2.18. The molecule has 5 heteroatoms. The van der Waals surface area contributed by atoms with Crippen molar-refractivity contribution in [3.63, 3.8) is 0 Å². The Balaban J connectivity index is 2.54. The Morgan fingerprint density at radius 2 is 2.46 bits per heavy atom. The molecule has 4 nitrogen and oxygen atoms in total. The largest absolute Gasteiger partial charge is 0.352 e. The van der Waals surface area contributed by atoms with Crippen LogP contribution in [0.15, 0.2) is 5.38 Å². The van der Waals surface area contributed by atoms with Crippen molar-refractivity contribution in [2.45, 2.75) is 26.3 Å². The minimum atomic E-state index is -0.515. The van der Waals surface area contributed by atoms with E-state index in [1.165, 1.54) is 0 Å². The molecule has 72 valence electrons. The predicted molar refractivity (Wildman–Crippen MR) is 52.6 cm³/mol. The Hall–Kier alpha value is -1.10. The van der Waals surface area contributed by atoms with E-state index in [9.17, 15) is 4.79 Å². The van der Waals surface area contributed by atoms with Crippen molar-refractivity contribution in [2.24, 2.45) is 5.73 Å². The lowest BCUT2D eigenvalue weighted by molar-refractivity contribution is 0.248. The number of rotatable bonds is 3. The van der Waals surface area contributed by atoms with Gasteiger partial charge in [0, 0.05) is 11.3 Å². The van der Waals surface area contributed by atoms with Crippen LogP contribution in [0.3, 0.4) is 0 Å². The van der Waals surface area contributed by atoms with Crippen LogP contribution in [-0.4, -0.2) is 11.0 Å². The molecule has 3 N–H and O–H groups in total. The van der Waals surface area contributed by atoms with Crippen LogP contribution in [0.25, 0.3) is 0 Å². The third-order valence-corrected chi connectivity index (χ3v) is 2.70. The molecular weight excluding hydrogens is 186 g/mol. The second-order valence-electron chi connectivity index (χ2n) is 3.05. The smallest absolute Gasteiger partial charge is 0.312 e. The molecule has 1 aromatic rings. The van der Waals surface area contributed by atoms with Gasteiger partial charge in [0.2, 0.25) is 0 Å². The van der Waals surface area contributed by atoms with E-state index >= 15 is 0 Å². The molecule has 0 saturated carbocycles. The third-order valence-electron chi connectivity index (χ3n) is 1.51. The first-order chi connectivity index (χ1) is 6.09. The van der Waals surface area contributed by atoms with Crippen LogP contribution < -0.4 is 11.1 Å². The van der Waals surface area contributed by atoms with Gasteiger partial charge in [0.05, 0.1) is 17.2 Å². The lowest BCUT2D eigenvalue weighted by Gasteiger charge is -1.98. The highest BCUT2D eigenvalue weighted by molar-refractivity contribution is 7.09. The van der Waals surface area contributed by atoms with Crippen molar-refractivity contribution in [1.82, 2.24) is 10.3 Å². The van der Waals surface area contributed by atoms with Gasteiger partial charge in [-0.05, 0) is 0 Å². The van der Waals surface area contributed by atoms with E-state index in [-0.39, 0.29) is 0 Å². The molecular formula is C8H13N3OS. The Morgan fingerprint density at radius 1 is 1.77 bits per heavy atom. The fourth-order valence-corrected chi connectivity index (χ4v) is 1.68. The Kier molecular flexibility index (Phi) is 3.25. The van der Waals surface area contributed by atoms with Crippen LogP contribution in [0.1, 0.15) is 30.5 Å². The van der Waals surface area contributed by atoms with Gasteiger partial charge < -0.3 is 11.1 Å². The second kappa shape index (κ2) is 4.23. The summed E-state index contributed by atoms with van der Waals surface area (Å²) in [6.45, 7) is 4.59. The number of primary amides is 1. The SMILES string of the molecule is CC(C)c1nc(CNC(N)=O)cs1. The van der Waals surface area contributed by atoms with Gasteiger partial charge in [-0.3, -0.25) is 0 Å². The number of amides is 2. The molecule has 2 amide bonds. The topological polar surface area (TPSA) is 68.0 Å². The zero-order valence-corrected chi connectivity index (χ0v) is 8.52. The molecule has 0 radical (unpaired) electrons. The normalized spacial score (nSPS) is 10.4. The number of nitrogens with two attached hydrogens (primary N) is 1. The first-order valence-electron chi connectivity index (χ1n) is 4.07. The molecule has 0 unspecified atom stereocenters. The maximum Gasteiger partial charge on any atom is 0.312 e. The van der Waals surface area contributed by atoms with E-state index in [1.807, 2.05) is 5.38 Å². The number of urea groups is 1. The number of carbonyl (C=O) groups is 1. The first kappa shape index (κ1) is 9.98. The molecule has 1 heterocycles. The van der Waals surface area contributed by atoms with Crippen molar-refractivity contribution in [3.8, 4) is 0 Å². The maximum atomic E-state index is 10.4. The van der Waals surface area contributed by atoms with Gasteiger partial charge in [-0.2, -0.15) is 0 Å². The molecule has 1 aromatic heterocycles. The standard InChI is InChI=1S/C8H13N3OS/c1-5(2)7-11-6(4-13-7)3-10-8(9)12/h4-5H,3H2,1-2H3,(H3,9,10,12). The molecule has 1 rings (SSSR count). The van der Waals surface area contributed by atoms with E-state index < -0.39 is 6.03 Å². The first-order valence-corrected chi connectivity index (χ1v) is 4.95. The Labute approximate surface area is 81.2 Å². The average molecular weight is 199 g/mol. The fourth-order valence-electron chi connectivity index (χ4n) is 0.847. The molecule has 0 aliphatic rings. The van der Waals surface area contributed by atoms with Crippen LogP contribution in [-0.2, 0) is 6.54 Å². The molecule has 0 spiro atoms. The summed E-state index contributed by atoms with van der Waals surface area (Å²) in [4.78, 5) is 14.7. The summed E-state index contributed by atoms with van der Waals surface area (Å²) in [5.74, 6) is 0.437. The van der Waals surface area contributed by atoms with Crippen molar-refractivity contribution < 1.29 is 4.79 Å². The van der Waals surface area contributed by atoms with Crippen LogP contribution in [0.2, 0.25) is 0 Å². The van der Waals surface area contributed by atoms with Crippen LogP contribution in [0, 0.1) is 0 Å². The number of nitrogens with one attached hydrogen (secondary N) is 1. The van der Waals surface area contributed by atoms with E-state index in [4.69, 9.17) is 5.73 Å². The monoisotopic (exact) mass is 199 g/mol. The highest BCUT2D eigenvalue weighted by atomic mass is 32.1. The average Bonchev–Trinajstić information content (AvgIpc) is 2.48. The fraction of sp³-hybridized carbons (Fsp3) is 0.500. The van der Waals surface area contributed by atoms with Gasteiger partial charge in [0.25, 0.3) is 0 Å². The van der Waals surface area contributed by atoms with Crippen LogP contribution >= 0.6 is 11.3 Å². The maximum absolute atomic E-state index is 10.4.